The van der Waals surface area contributed by atoms with E-state index in [2.05, 4.69) is 46.3 Å². The molecular weight excluding hydrogens is 334 g/mol. The Morgan fingerprint density at radius 2 is 1.84 bits per heavy atom. The number of amides is 1. The fourth-order valence-corrected chi connectivity index (χ4v) is 3.28. The zero-order valence-electron chi connectivity index (χ0n) is 14.8. The molecule has 1 saturated heterocycles. The molecule has 1 fully saturated rings. The highest BCUT2D eigenvalue weighted by atomic mass is 35.5. The van der Waals surface area contributed by atoms with Gasteiger partial charge in [0.15, 0.2) is 0 Å². The number of hydrogen-bond acceptors (Lipinski definition) is 3. The molecule has 1 aliphatic heterocycles. The first-order valence-electron chi connectivity index (χ1n) is 8.61. The molecule has 1 N–H and O–H groups in total. The monoisotopic (exact) mass is 357 g/mol. The molecule has 3 rings (SSSR count). The Kier molecular flexibility index (Phi) is 5.61. The van der Waals surface area contributed by atoms with E-state index in [1.54, 1.807) is 6.07 Å². The SMILES string of the molecule is Cc1cccc(N2CCN(CC(=O)Nc3cc(Cl)ccc3C)CC2)c1. The molecule has 0 atom stereocenters. The Balaban J connectivity index is 1.52. The van der Waals surface area contributed by atoms with E-state index < -0.39 is 0 Å². The van der Waals surface area contributed by atoms with Crippen molar-refractivity contribution in [1.82, 2.24) is 4.90 Å². The van der Waals surface area contributed by atoms with E-state index in [0.717, 1.165) is 37.4 Å². The number of carbonyl (C=O) groups excluding carboxylic acids is 1. The van der Waals surface area contributed by atoms with Gasteiger partial charge in [0, 0.05) is 42.6 Å². The number of nitrogens with zero attached hydrogens (tertiary/aromatic N) is 2. The molecular formula is C20H24ClN3O. The second kappa shape index (κ2) is 7.89. The molecule has 0 spiro atoms. The van der Waals surface area contributed by atoms with Gasteiger partial charge in [0.2, 0.25) is 5.91 Å². The van der Waals surface area contributed by atoms with Crippen LogP contribution in [0, 0.1) is 13.8 Å². The van der Waals surface area contributed by atoms with Gasteiger partial charge in [0.05, 0.1) is 6.54 Å². The highest BCUT2D eigenvalue weighted by molar-refractivity contribution is 6.31. The van der Waals surface area contributed by atoms with Crippen LogP contribution in [0.25, 0.3) is 0 Å². The topological polar surface area (TPSA) is 35.6 Å². The third kappa shape index (κ3) is 4.74. The van der Waals surface area contributed by atoms with Crippen LogP contribution in [0.1, 0.15) is 11.1 Å². The minimum Gasteiger partial charge on any atom is -0.369 e. The first-order valence-corrected chi connectivity index (χ1v) is 8.99. The van der Waals surface area contributed by atoms with Gasteiger partial charge in [-0.15, -0.1) is 0 Å². The Morgan fingerprint density at radius 1 is 1.08 bits per heavy atom. The Hall–Kier alpha value is -2.04. The van der Waals surface area contributed by atoms with E-state index in [9.17, 15) is 4.79 Å². The molecule has 2 aromatic carbocycles. The average molecular weight is 358 g/mol. The van der Waals surface area contributed by atoms with Gasteiger partial charge in [-0.05, 0) is 49.2 Å². The van der Waals surface area contributed by atoms with E-state index >= 15 is 0 Å². The van der Waals surface area contributed by atoms with Gasteiger partial charge in [0.1, 0.15) is 0 Å². The number of piperazine rings is 1. The minimum absolute atomic E-state index is 0.00868. The zero-order chi connectivity index (χ0) is 17.8. The number of benzene rings is 2. The molecule has 4 nitrogen and oxygen atoms in total. The molecule has 1 aliphatic rings. The number of aryl methyl sites for hydroxylation is 2. The summed E-state index contributed by atoms with van der Waals surface area (Å²) in [5.41, 5.74) is 4.34. The van der Waals surface area contributed by atoms with Gasteiger partial charge < -0.3 is 10.2 Å². The molecule has 0 radical (unpaired) electrons. The van der Waals surface area contributed by atoms with Gasteiger partial charge in [-0.25, -0.2) is 0 Å². The second-order valence-corrected chi connectivity index (χ2v) is 7.05. The summed E-state index contributed by atoms with van der Waals surface area (Å²) in [7, 11) is 0. The summed E-state index contributed by atoms with van der Waals surface area (Å²) in [4.78, 5) is 16.9. The van der Waals surface area contributed by atoms with Crippen molar-refractivity contribution in [3.8, 4) is 0 Å². The Morgan fingerprint density at radius 3 is 2.56 bits per heavy atom. The number of nitrogens with one attached hydrogen (secondary N) is 1. The standard InChI is InChI=1S/C20H24ClN3O/c1-15-4-3-5-18(12-15)24-10-8-23(9-11-24)14-20(25)22-19-13-17(21)7-6-16(19)2/h3-7,12-13H,8-11,14H2,1-2H3,(H,22,25). The fraction of sp³-hybridized carbons (Fsp3) is 0.350. The third-order valence-corrected chi connectivity index (χ3v) is 4.82. The number of hydrogen-bond donors (Lipinski definition) is 1. The van der Waals surface area contributed by atoms with Crippen LogP contribution in [0.5, 0.6) is 0 Å². The van der Waals surface area contributed by atoms with Gasteiger partial charge in [-0.2, -0.15) is 0 Å². The molecule has 5 heteroatoms. The quantitative estimate of drug-likeness (QED) is 0.905. The number of carbonyl (C=O) groups is 1. The summed E-state index contributed by atoms with van der Waals surface area (Å²) in [6.07, 6.45) is 0. The molecule has 0 bridgehead atoms. The van der Waals surface area contributed by atoms with Gasteiger partial charge in [-0.1, -0.05) is 29.8 Å². The maximum atomic E-state index is 12.3. The number of rotatable bonds is 4. The van der Waals surface area contributed by atoms with E-state index in [1.165, 1.54) is 11.3 Å². The zero-order valence-corrected chi connectivity index (χ0v) is 15.5. The summed E-state index contributed by atoms with van der Waals surface area (Å²) in [6, 6.07) is 14.1. The highest BCUT2D eigenvalue weighted by Gasteiger charge is 2.19. The summed E-state index contributed by atoms with van der Waals surface area (Å²) >= 11 is 6.01. The maximum absolute atomic E-state index is 12.3. The average Bonchev–Trinajstić information content (AvgIpc) is 2.59. The highest BCUT2D eigenvalue weighted by Crippen LogP contribution is 2.20. The van der Waals surface area contributed by atoms with Crippen LogP contribution in [-0.2, 0) is 4.79 Å². The Bertz CT molecular complexity index is 754. The predicted molar refractivity (Wildman–Crippen MR) is 105 cm³/mol. The first-order chi connectivity index (χ1) is 12.0. The van der Waals surface area contributed by atoms with E-state index in [1.807, 2.05) is 19.1 Å². The molecule has 0 unspecified atom stereocenters. The maximum Gasteiger partial charge on any atom is 0.238 e. The van der Waals surface area contributed by atoms with Crippen molar-refractivity contribution in [3.05, 3.63) is 58.6 Å². The van der Waals surface area contributed by atoms with Crippen molar-refractivity contribution in [2.24, 2.45) is 0 Å². The van der Waals surface area contributed by atoms with Gasteiger partial charge in [-0.3, -0.25) is 9.69 Å². The van der Waals surface area contributed by atoms with Crippen LogP contribution in [0.2, 0.25) is 5.02 Å². The van der Waals surface area contributed by atoms with Gasteiger partial charge in [0.25, 0.3) is 0 Å². The first kappa shape index (κ1) is 17.8. The van der Waals surface area contributed by atoms with Gasteiger partial charge >= 0.3 is 0 Å². The summed E-state index contributed by atoms with van der Waals surface area (Å²) in [5.74, 6) is 0.00868. The van der Waals surface area contributed by atoms with E-state index in [0.29, 0.717) is 11.6 Å². The van der Waals surface area contributed by atoms with Crippen molar-refractivity contribution in [2.45, 2.75) is 13.8 Å². The van der Waals surface area contributed by atoms with Crippen LogP contribution >= 0.6 is 11.6 Å². The fourth-order valence-electron chi connectivity index (χ4n) is 3.11. The Labute approximate surface area is 154 Å². The molecule has 2 aromatic rings. The van der Waals surface area contributed by atoms with Crippen LogP contribution < -0.4 is 10.2 Å². The second-order valence-electron chi connectivity index (χ2n) is 6.61. The number of halogens is 1. The van der Waals surface area contributed by atoms with Crippen LogP contribution in [0.3, 0.4) is 0 Å². The lowest BCUT2D eigenvalue weighted by atomic mass is 10.2. The van der Waals surface area contributed by atoms with Crippen LogP contribution in [0.4, 0.5) is 11.4 Å². The van der Waals surface area contributed by atoms with Crippen molar-refractivity contribution >= 4 is 28.9 Å². The normalized spacial score (nSPS) is 15.2. The van der Waals surface area contributed by atoms with Crippen molar-refractivity contribution in [2.75, 3.05) is 42.9 Å². The predicted octanol–water partition coefficient (Wildman–Crippen LogP) is 3.72. The molecule has 1 amide bonds. The smallest absolute Gasteiger partial charge is 0.238 e. The molecule has 0 aromatic heterocycles. The lowest BCUT2D eigenvalue weighted by Gasteiger charge is -2.35. The molecule has 1 heterocycles. The molecule has 0 aliphatic carbocycles. The molecule has 25 heavy (non-hydrogen) atoms. The summed E-state index contributed by atoms with van der Waals surface area (Å²) in [6.45, 7) is 8.13. The number of anilines is 2. The minimum atomic E-state index is 0.00868. The molecule has 0 saturated carbocycles. The van der Waals surface area contributed by atoms with Crippen molar-refractivity contribution < 1.29 is 4.79 Å². The molecule has 132 valence electrons. The van der Waals surface area contributed by atoms with Crippen molar-refractivity contribution in [1.29, 1.82) is 0 Å². The summed E-state index contributed by atoms with van der Waals surface area (Å²) < 4.78 is 0. The van der Waals surface area contributed by atoms with E-state index in [4.69, 9.17) is 11.6 Å². The lowest BCUT2D eigenvalue weighted by molar-refractivity contribution is -0.117. The lowest BCUT2D eigenvalue weighted by Crippen LogP contribution is -2.48. The van der Waals surface area contributed by atoms with Crippen LogP contribution in [0.15, 0.2) is 42.5 Å². The van der Waals surface area contributed by atoms with Crippen molar-refractivity contribution in [3.63, 3.8) is 0 Å². The van der Waals surface area contributed by atoms with E-state index in [-0.39, 0.29) is 5.91 Å². The van der Waals surface area contributed by atoms with Crippen LogP contribution in [-0.4, -0.2) is 43.5 Å². The largest absolute Gasteiger partial charge is 0.369 e. The summed E-state index contributed by atoms with van der Waals surface area (Å²) in [5, 5.41) is 3.60. The third-order valence-electron chi connectivity index (χ3n) is 4.58.